The van der Waals surface area contributed by atoms with Gasteiger partial charge in [0.2, 0.25) is 17.3 Å². The molecule has 2 aromatic heterocycles. The van der Waals surface area contributed by atoms with E-state index in [1.54, 1.807) is 0 Å². The summed E-state index contributed by atoms with van der Waals surface area (Å²) in [5, 5.41) is 10.7. The molecule has 0 aliphatic carbocycles. The minimum atomic E-state index is -1.59. The molecule has 0 radical (unpaired) electrons. The molecule has 124 valence electrons. The molecule has 0 unspecified atom stereocenters. The normalized spacial score (nSPS) is 10.6. The third-order valence-corrected chi connectivity index (χ3v) is 3.86. The van der Waals surface area contributed by atoms with Gasteiger partial charge >= 0.3 is 5.69 Å². The van der Waals surface area contributed by atoms with Crippen LogP contribution in [0.15, 0.2) is 24.5 Å². The first-order valence-electron chi connectivity index (χ1n) is 6.57. The first-order chi connectivity index (χ1) is 11.9. The lowest BCUT2D eigenvalue weighted by Gasteiger charge is -2.05. The van der Waals surface area contributed by atoms with E-state index in [2.05, 4.69) is 14.8 Å². The lowest BCUT2D eigenvalue weighted by Crippen LogP contribution is -2.09. The van der Waals surface area contributed by atoms with Gasteiger partial charge in [-0.3, -0.25) is 19.9 Å². The molecule has 0 aliphatic rings. The highest BCUT2D eigenvalue weighted by molar-refractivity contribution is 6.39. The van der Waals surface area contributed by atoms with Gasteiger partial charge in [-0.2, -0.15) is 4.39 Å². The number of rotatable bonds is 3. The van der Waals surface area contributed by atoms with E-state index in [9.17, 15) is 23.7 Å². The molecule has 3 rings (SSSR count). The number of hydrogen-bond acceptors (Lipinski definition) is 4. The molecule has 0 saturated heterocycles. The number of hydrogen-bond donors (Lipinski definition) is 1. The van der Waals surface area contributed by atoms with Gasteiger partial charge < -0.3 is 4.98 Å². The van der Waals surface area contributed by atoms with Crippen LogP contribution < -0.4 is 0 Å². The number of fused-ring (bicyclic) bond motifs is 1. The molecule has 1 N–H and O–H groups in total. The summed E-state index contributed by atoms with van der Waals surface area (Å²) in [4.78, 5) is 32.0. The van der Waals surface area contributed by atoms with Crippen molar-refractivity contribution in [2.24, 2.45) is 0 Å². The molecule has 2 heterocycles. The van der Waals surface area contributed by atoms with Crippen molar-refractivity contribution in [3.63, 3.8) is 0 Å². The molecule has 0 atom stereocenters. The molecule has 0 saturated carbocycles. The summed E-state index contributed by atoms with van der Waals surface area (Å²) in [6.45, 7) is 7.01. The Morgan fingerprint density at radius 1 is 1.40 bits per heavy atom. The second-order valence-corrected chi connectivity index (χ2v) is 5.21. The number of nitrogens with one attached hydrogen (secondary N) is 1. The Kier molecular flexibility index (Phi) is 3.90. The number of nitrogens with zero attached hydrogens (tertiary/aromatic N) is 3. The highest BCUT2D eigenvalue weighted by atomic mass is 35.5. The summed E-state index contributed by atoms with van der Waals surface area (Å²) in [6, 6.07) is 1.26. The average molecular weight is 363 g/mol. The zero-order valence-electron chi connectivity index (χ0n) is 12.0. The van der Waals surface area contributed by atoms with Crippen LogP contribution in [0.2, 0.25) is 5.02 Å². The molecular formula is C15H5ClF2N4O3. The average Bonchev–Trinajstić information content (AvgIpc) is 2.99. The second-order valence-electron chi connectivity index (χ2n) is 4.84. The van der Waals surface area contributed by atoms with Gasteiger partial charge in [0.25, 0.3) is 0 Å². The van der Waals surface area contributed by atoms with Crippen LogP contribution >= 0.6 is 11.6 Å². The maximum absolute atomic E-state index is 14.3. The smallest absolute Gasteiger partial charge is 0.305 e. The third kappa shape index (κ3) is 2.49. The van der Waals surface area contributed by atoms with Crippen LogP contribution in [-0.4, -0.2) is 20.7 Å². The highest BCUT2D eigenvalue weighted by Crippen LogP contribution is 2.35. The number of carbonyl (C=O) groups is 1. The quantitative estimate of drug-likeness (QED) is 0.327. The molecule has 0 amide bonds. The summed E-state index contributed by atoms with van der Waals surface area (Å²) >= 11 is 6.06. The number of pyridine rings is 1. The lowest BCUT2D eigenvalue weighted by atomic mass is 10.0. The molecule has 7 nitrogen and oxygen atoms in total. The van der Waals surface area contributed by atoms with E-state index in [0.29, 0.717) is 12.1 Å². The maximum Gasteiger partial charge on any atom is 0.305 e. The molecular weight excluding hydrogens is 358 g/mol. The van der Waals surface area contributed by atoms with E-state index in [4.69, 9.17) is 18.2 Å². The standard InChI is InChI=1S/C15H5ClF2N4O3/c1-19-8-5-21-15-10(12(8)16)6(4-20-15)14(23)11-7(17)2-3-9(13(11)18)22(24)25/h2-5H,(H,20,21). The molecule has 10 heteroatoms. The van der Waals surface area contributed by atoms with Gasteiger partial charge in [0.05, 0.1) is 16.5 Å². The number of benzene rings is 1. The Morgan fingerprint density at radius 2 is 2.12 bits per heavy atom. The molecule has 0 aliphatic heterocycles. The Hall–Kier alpha value is -3.38. The third-order valence-electron chi connectivity index (χ3n) is 3.48. The van der Waals surface area contributed by atoms with Crippen LogP contribution in [0.4, 0.5) is 20.2 Å². The van der Waals surface area contributed by atoms with Gasteiger partial charge in [0.15, 0.2) is 0 Å². The number of aromatic amines is 1. The van der Waals surface area contributed by atoms with Crippen molar-refractivity contribution in [1.29, 1.82) is 0 Å². The van der Waals surface area contributed by atoms with Crippen molar-refractivity contribution >= 4 is 39.8 Å². The van der Waals surface area contributed by atoms with Crippen molar-refractivity contribution in [1.82, 2.24) is 9.97 Å². The van der Waals surface area contributed by atoms with Gasteiger partial charge in [-0.15, -0.1) is 0 Å². The molecule has 0 spiro atoms. The molecule has 1 aromatic carbocycles. The predicted octanol–water partition coefficient (Wildman–Crippen LogP) is 4.18. The highest BCUT2D eigenvalue weighted by Gasteiger charge is 2.29. The van der Waals surface area contributed by atoms with Gasteiger partial charge in [0, 0.05) is 29.4 Å². The van der Waals surface area contributed by atoms with Crippen molar-refractivity contribution in [2.45, 2.75) is 0 Å². The predicted molar refractivity (Wildman–Crippen MR) is 83.8 cm³/mol. The number of nitro benzene ring substituents is 1. The van der Waals surface area contributed by atoms with E-state index in [0.717, 1.165) is 6.20 Å². The van der Waals surface area contributed by atoms with Crippen LogP contribution in [0.25, 0.3) is 15.9 Å². The van der Waals surface area contributed by atoms with Crippen molar-refractivity contribution < 1.29 is 18.5 Å². The van der Waals surface area contributed by atoms with Crippen LogP contribution in [-0.2, 0) is 0 Å². The number of ketones is 1. The van der Waals surface area contributed by atoms with E-state index >= 15 is 0 Å². The number of aromatic nitrogens is 2. The first-order valence-corrected chi connectivity index (χ1v) is 6.94. The number of H-pyrrole nitrogens is 1. The topological polar surface area (TPSA) is 93.2 Å². The first kappa shape index (κ1) is 16.5. The summed E-state index contributed by atoms with van der Waals surface area (Å²) < 4.78 is 28.3. The minimum absolute atomic E-state index is 0.00507. The fraction of sp³-hybridized carbons (Fsp3) is 0. The summed E-state index contributed by atoms with van der Waals surface area (Å²) in [5.74, 6) is -4.00. The Balaban J connectivity index is 2.28. The Bertz CT molecular complexity index is 1100. The van der Waals surface area contributed by atoms with Crippen LogP contribution in [0.1, 0.15) is 15.9 Å². The van der Waals surface area contributed by atoms with Gasteiger partial charge in [-0.1, -0.05) is 11.6 Å². The van der Waals surface area contributed by atoms with E-state index in [1.807, 2.05) is 0 Å². The molecule has 0 bridgehead atoms. The molecule has 3 aromatic rings. The van der Waals surface area contributed by atoms with E-state index in [-0.39, 0.29) is 27.3 Å². The van der Waals surface area contributed by atoms with Gasteiger partial charge in [-0.05, 0) is 6.07 Å². The Labute approximate surface area is 142 Å². The number of halogens is 3. The van der Waals surface area contributed by atoms with E-state index < -0.39 is 33.6 Å². The summed E-state index contributed by atoms with van der Waals surface area (Å²) in [6.07, 6.45) is 2.30. The molecule has 0 fully saturated rings. The lowest BCUT2D eigenvalue weighted by molar-refractivity contribution is -0.387. The zero-order chi connectivity index (χ0) is 18.3. The summed E-state index contributed by atoms with van der Waals surface area (Å²) in [7, 11) is 0. The maximum atomic E-state index is 14.3. The minimum Gasteiger partial charge on any atom is -0.345 e. The van der Waals surface area contributed by atoms with Gasteiger partial charge in [0.1, 0.15) is 17.0 Å². The largest absolute Gasteiger partial charge is 0.345 e. The van der Waals surface area contributed by atoms with Crippen LogP contribution in [0.5, 0.6) is 0 Å². The number of carbonyl (C=O) groups excluding carboxylic acids is 1. The van der Waals surface area contributed by atoms with Crippen molar-refractivity contribution in [3.8, 4) is 0 Å². The number of nitro groups is 1. The summed E-state index contributed by atoms with van der Waals surface area (Å²) in [5.41, 5.74) is -2.29. The fourth-order valence-electron chi connectivity index (χ4n) is 2.33. The monoisotopic (exact) mass is 362 g/mol. The van der Waals surface area contributed by atoms with Gasteiger partial charge in [-0.25, -0.2) is 9.24 Å². The SMILES string of the molecule is [C-]#[N+]c1cnc2[nH]cc(C(=O)c3c(F)ccc([N+](=O)[O-])c3F)c2c1Cl. The van der Waals surface area contributed by atoms with Crippen molar-refractivity contribution in [3.05, 3.63) is 73.8 Å². The van der Waals surface area contributed by atoms with Crippen molar-refractivity contribution in [2.75, 3.05) is 0 Å². The van der Waals surface area contributed by atoms with Crippen LogP contribution in [0.3, 0.4) is 0 Å². The molecule has 25 heavy (non-hydrogen) atoms. The zero-order valence-corrected chi connectivity index (χ0v) is 12.8. The fourth-order valence-corrected chi connectivity index (χ4v) is 2.61. The Morgan fingerprint density at radius 3 is 2.76 bits per heavy atom. The van der Waals surface area contributed by atoms with E-state index in [1.165, 1.54) is 6.20 Å². The second kappa shape index (κ2) is 5.92. The van der Waals surface area contributed by atoms with Crippen LogP contribution in [0, 0.1) is 28.3 Å².